The first kappa shape index (κ1) is 10.8. The quantitative estimate of drug-likeness (QED) is 0.790. The van der Waals surface area contributed by atoms with Crippen LogP contribution in [-0.2, 0) is 0 Å². The summed E-state index contributed by atoms with van der Waals surface area (Å²) in [5, 5.41) is 9.51. The number of aliphatic hydroxyl groups is 1. The minimum absolute atomic E-state index is 0.225. The van der Waals surface area contributed by atoms with Crippen LogP contribution in [0.25, 0.3) is 0 Å². The first-order valence-electron chi connectivity index (χ1n) is 4.41. The van der Waals surface area contributed by atoms with Gasteiger partial charge in [-0.15, -0.1) is 0 Å². The zero-order chi connectivity index (χ0) is 10.8. The summed E-state index contributed by atoms with van der Waals surface area (Å²) in [6, 6.07) is 3.26. The standard InChI is InChI=1S/C10H15NO3/c1-10(2,13)7-11(3)9(12)8-5-4-6-14-8/h4-6,13H,7H2,1-3H3. The Balaban J connectivity index is 2.63. The van der Waals surface area contributed by atoms with Gasteiger partial charge < -0.3 is 14.4 Å². The molecule has 1 rings (SSSR count). The van der Waals surface area contributed by atoms with E-state index in [-0.39, 0.29) is 18.2 Å². The highest BCUT2D eigenvalue weighted by Gasteiger charge is 2.21. The highest BCUT2D eigenvalue weighted by atomic mass is 16.3. The van der Waals surface area contributed by atoms with Crippen molar-refractivity contribution >= 4 is 5.91 Å². The van der Waals surface area contributed by atoms with Crippen molar-refractivity contribution < 1.29 is 14.3 Å². The molecule has 0 aliphatic heterocycles. The van der Waals surface area contributed by atoms with Crippen LogP contribution < -0.4 is 0 Å². The summed E-state index contributed by atoms with van der Waals surface area (Å²) >= 11 is 0. The number of amides is 1. The van der Waals surface area contributed by atoms with Crippen molar-refractivity contribution in [2.75, 3.05) is 13.6 Å². The number of likely N-dealkylation sites (N-methyl/N-ethyl adjacent to an activating group) is 1. The molecule has 0 bridgehead atoms. The monoisotopic (exact) mass is 197 g/mol. The molecule has 0 fully saturated rings. The number of nitrogens with zero attached hydrogens (tertiary/aromatic N) is 1. The molecule has 0 atom stereocenters. The molecule has 0 unspecified atom stereocenters. The number of rotatable bonds is 3. The summed E-state index contributed by atoms with van der Waals surface area (Å²) in [6.07, 6.45) is 1.45. The molecule has 1 aromatic rings. The summed E-state index contributed by atoms with van der Waals surface area (Å²) in [4.78, 5) is 13.0. The van der Waals surface area contributed by atoms with E-state index in [1.54, 1.807) is 33.0 Å². The Hall–Kier alpha value is -1.29. The molecule has 4 heteroatoms. The molecule has 1 N–H and O–H groups in total. The molecule has 0 saturated heterocycles. The average Bonchev–Trinajstić information content (AvgIpc) is 2.51. The van der Waals surface area contributed by atoms with E-state index in [1.807, 2.05) is 0 Å². The topological polar surface area (TPSA) is 53.7 Å². The molecule has 1 amide bonds. The number of furan rings is 1. The van der Waals surface area contributed by atoms with E-state index in [1.165, 1.54) is 11.2 Å². The SMILES string of the molecule is CN(CC(C)(C)O)C(=O)c1ccco1. The first-order valence-corrected chi connectivity index (χ1v) is 4.41. The van der Waals surface area contributed by atoms with Crippen molar-refractivity contribution in [1.82, 2.24) is 4.90 Å². The highest BCUT2D eigenvalue weighted by molar-refractivity contribution is 5.91. The van der Waals surface area contributed by atoms with E-state index < -0.39 is 5.60 Å². The second kappa shape index (κ2) is 3.84. The molecule has 4 nitrogen and oxygen atoms in total. The predicted molar refractivity (Wildman–Crippen MR) is 52.0 cm³/mol. The van der Waals surface area contributed by atoms with Crippen LogP contribution in [0, 0.1) is 0 Å². The van der Waals surface area contributed by atoms with Crippen molar-refractivity contribution in [2.45, 2.75) is 19.4 Å². The minimum atomic E-state index is -0.892. The van der Waals surface area contributed by atoms with Crippen LogP contribution in [-0.4, -0.2) is 35.1 Å². The molecule has 0 aromatic carbocycles. The van der Waals surface area contributed by atoms with Gasteiger partial charge in [0.15, 0.2) is 5.76 Å². The molecular weight excluding hydrogens is 182 g/mol. The summed E-state index contributed by atoms with van der Waals surface area (Å²) < 4.78 is 4.96. The van der Waals surface area contributed by atoms with Crippen LogP contribution in [0.2, 0.25) is 0 Å². The van der Waals surface area contributed by atoms with Gasteiger partial charge in [0, 0.05) is 13.6 Å². The van der Waals surface area contributed by atoms with Crippen LogP contribution in [0.15, 0.2) is 22.8 Å². The first-order chi connectivity index (χ1) is 6.40. The van der Waals surface area contributed by atoms with Gasteiger partial charge >= 0.3 is 0 Å². The fourth-order valence-electron chi connectivity index (χ4n) is 1.24. The van der Waals surface area contributed by atoms with Crippen LogP contribution in [0.1, 0.15) is 24.4 Å². The predicted octanol–water partition coefficient (Wildman–Crippen LogP) is 1.12. The third kappa shape index (κ3) is 2.88. The van der Waals surface area contributed by atoms with Crippen LogP contribution >= 0.6 is 0 Å². The number of carbonyl (C=O) groups is 1. The largest absolute Gasteiger partial charge is 0.459 e. The zero-order valence-electron chi connectivity index (χ0n) is 8.65. The van der Waals surface area contributed by atoms with E-state index in [4.69, 9.17) is 4.42 Å². The van der Waals surface area contributed by atoms with Crippen molar-refractivity contribution in [1.29, 1.82) is 0 Å². The molecule has 0 aliphatic rings. The molecule has 14 heavy (non-hydrogen) atoms. The average molecular weight is 197 g/mol. The van der Waals surface area contributed by atoms with Crippen molar-refractivity contribution in [2.24, 2.45) is 0 Å². The Kier molecular flexibility index (Phi) is 2.96. The minimum Gasteiger partial charge on any atom is -0.459 e. The Labute approximate surface area is 83.1 Å². The molecular formula is C10H15NO3. The van der Waals surface area contributed by atoms with Crippen LogP contribution in [0.4, 0.5) is 0 Å². The zero-order valence-corrected chi connectivity index (χ0v) is 8.65. The summed E-state index contributed by atoms with van der Waals surface area (Å²) in [6.45, 7) is 3.57. The normalized spacial score (nSPS) is 11.4. The fraction of sp³-hybridized carbons (Fsp3) is 0.500. The van der Waals surface area contributed by atoms with E-state index in [9.17, 15) is 9.90 Å². The lowest BCUT2D eigenvalue weighted by molar-refractivity contribution is 0.0352. The van der Waals surface area contributed by atoms with Gasteiger partial charge in [0.25, 0.3) is 5.91 Å². The second-order valence-corrected chi connectivity index (χ2v) is 3.95. The molecule has 78 valence electrons. The smallest absolute Gasteiger partial charge is 0.289 e. The lowest BCUT2D eigenvalue weighted by Crippen LogP contribution is -2.39. The molecule has 0 spiro atoms. The van der Waals surface area contributed by atoms with Crippen LogP contribution in [0.5, 0.6) is 0 Å². The number of hydrogen-bond donors (Lipinski definition) is 1. The van der Waals surface area contributed by atoms with E-state index in [2.05, 4.69) is 0 Å². The Morgan fingerprint density at radius 1 is 1.64 bits per heavy atom. The summed E-state index contributed by atoms with van der Waals surface area (Å²) in [7, 11) is 1.63. The number of hydrogen-bond acceptors (Lipinski definition) is 3. The maximum Gasteiger partial charge on any atom is 0.289 e. The molecule has 1 aromatic heterocycles. The molecule has 0 aliphatic carbocycles. The Morgan fingerprint density at radius 2 is 2.29 bits per heavy atom. The van der Waals surface area contributed by atoms with Gasteiger partial charge in [0.1, 0.15) is 0 Å². The Bertz CT molecular complexity index is 298. The van der Waals surface area contributed by atoms with Crippen LogP contribution in [0.3, 0.4) is 0 Å². The maximum absolute atomic E-state index is 11.6. The van der Waals surface area contributed by atoms with E-state index in [0.717, 1.165) is 0 Å². The van der Waals surface area contributed by atoms with Crippen molar-refractivity contribution in [3.8, 4) is 0 Å². The molecule has 1 heterocycles. The molecule has 0 saturated carbocycles. The van der Waals surface area contributed by atoms with Gasteiger partial charge in [-0.05, 0) is 26.0 Å². The molecule has 0 radical (unpaired) electrons. The highest BCUT2D eigenvalue weighted by Crippen LogP contribution is 2.08. The van der Waals surface area contributed by atoms with Crippen molar-refractivity contribution in [3.63, 3.8) is 0 Å². The van der Waals surface area contributed by atoms with E-state index in [0.29, 0.717) is 0 Å². The lowest BCUT2D eigenvalue weighted by atomic mass is 10.1. The van der Waals surface area contributed by atoms with Gasteiger partial charge in [-0.2, -0.15) is 0 Å². The lowest BCUT2D eigenvalue weighted by Gasteiger charge is -2.24. The number of carbonyl (C=O) groups excluding carboxylic acids is 1. The van der Waals surface area contributed by atoms with Gasteiger partial charge in [-0.25, -0.2) is 0 Å². The van der Waals surface area contributed by atoms with Gasteiger partial charge in [-0.3, -0.25) is 4.79 Å². The summed E-state index contributed by atoms with van der Waals surface area (Å²) in [5.41, 5.74) is -0.892. The third-order valence-corrected chi connectivity index (χ3v) is 1.70. The summed E-state index contributed by atoms with van der Waals surface area (Å²) in [5.74, 6) is 0.0638. The van der Waals surface area contributed by atoms with Gasteiger partial charge in [-0.1, -0.05) is 0 Å². The maximum atomic E-state index is 11.6. The third-order valence-electron chi connectivity index (χ3n) is 1.70. The van der Waals surface area contributed by atoms with E-state index >= 15 is 0 Å². The van der Waals surface area contributed by atoms with Gasteiger partial charge in [0.2, 0.25) is 0 Å². The Morgan fingerprint density at radius 3 is 2.71 bits per heavy atom. The van der Waals surface area contributed by atoms with Crippen molar-refractivity contribution in [3.05, 3.63) is 24.2 Å². The second-order valence-electron chi connectivity index (χ2n) is 3.95. The van der Waals surface area contributed by atoms with Gasteiger partial charge in [0.05, 0.1) is 11.9 Å². The fourth-order valence-corrected chi connectivity index (χ4v) is 1.24.